The number of fused-ring (bicyclic) bond motifs is 6. The number of hydrogen-bond acceptors (Lipinski definition) is 7. The largest absolute Gasteiger partial charge is 0.405 e. The van der Waals surface area contributed by atoms with Crippen LogP contribution in [-0.2, 0) is 14.0 Å². The van der Waals surface area contributed by atoms with Crippen molar-refractivity contribution < 1.29 is 19.1 Å². The number of allylic oxidation sites excluding steroid dienone is 1. The van der Waals surface area contributed by atoms with Gasteiger partial charge in [-0.3, -0.25) is 9.59 Å². The van der Waals surface area contributed by atoms with Crippen LogP contribution >= 0.6 is 23.1 Å². The molecule has 6 unspecified atom stereocenters. The molecule has 1 heterocycles. The molecule has 2 aromatic rings. The number of nitrogens with zero attached hydrogens (tertiary/aromatic N) is 1. The number of Topliss-reactive ketones (excluding diaryl/α,β-unsaturated/α-hetero) is 1. The fourth-order valence-electron chi connectivity index (χ4n) is 9.04. The van der Waals surface area contributed by atoms with E-state index in [1.807, 2.05) is 24.3 Å². The minimum absolute atomic E-state index is 0.130. The molecule has 6 rings (SSSR count). The van der Waals surface area contributed by atoms with Gasteiger partial charge in [0.25, 0.3) is 0 Å². The zero-order valence-corrected chi connectivity index (χ0v) is 26.4. The van der Waals surface area contributed by atoms with Gasteiger partial charge in [0.2, 0.25) is 0 Å². The highest BCUT2D eigenvalue weighted by Crippen LogP contribution is 2.68. The van der Waals surface area contributed by atoms with E-state index >= 15 is 0 Å². The molecule has 4 aliphatic rings. The van der Waals surface area contributed by atoms with Crippen LogP contribution in [0.4, 0.5) is 0 Å². The third-order valence-electron chi connectivity index (χ3n) is 10.5. The predicted molar refractivity (Wildman–Crippen MR) is 161 cm³/mol. The van der Waals surface area contributed by atoms with Gasteiger partial charge in [-0.05, 0) is 99.5 Å². The third kappa shape index (κ3) is 4.44. The van der Waals surface area contributed by atoms with E-state index in [0.717, 1.165) is 46.7 Å². The average molecular weight is 584 g/mol. The van der Waals surface area contributed by atoms with E-state index in [4.69, 9.17) is 9.41 Å². The summed E-state index contributed by atoms with van der Waals surface area (Å²) in [4.78, 5) is 31.4. The summed E-state index contributed by atoms with van der Waals surface area (Å²) in [5.74, 6) is 1.54. The maximum absolute atomic E-state index is 14.4. The molecule has 1 N–H and O–H groups in total. The summed E-state index contributed by atoms with van der Waals surface area (Å²) >= 11 is 3.17. The van der Waals surface area contributed by atoms with Gasteiger partial charge < -0.3 is 9.53 Å². The molecule has 0 saturated heterocycles. The maximum Gasteiger partial charge on any atom is 0.185 e. The molecule has 3 saturated carbocycles. The molecule has 7 atom stereocenters. The number of thioether (sulfide) groups is 1. The highest BCUT2D eigenvalue weighted by Gasteiger charge is 2.69. The summed E-state index contributed by atoms with van der Waals surface area (Å²) in [6.45, 7) is 11.1. The Kier molecular flexibility index (Phi) is 6.86. The van der Waals surface area contributed by atoms with Crippen molar-refractivity contribution >= 4 is 53.2 Å². The topological polar surface area (TPSA) is 76.5 Å². The summed E-state index contributed by atoms with van der Waals surface area (Å²) in [5, 5.41) is 11.9. The highest BCUT2D eigenvalue weighted by atomic mass is 32.2. The molecule has 0 amide bonds. The molecule has 210 valence electrons. The van der Waals surface area contributed by atoms with E-state index in [0.29, 0.717) is 30.4 Å². The second-order valence-electron chi connectivity index (χ2n) is 13.8. The van der Waals surface area contributed by atoms with Gasteiger partial charge in [-0.2, -0.15) is 0 Å². The first-order chi connectivity index (χ1) is 18.4. The van der Waals surface area contributed by atoms with E-state index in [9.17, 15) is 14.7 Å². The van der Waals surface area contributed by atoms with Crippen LogP contribution in [0.3, 0.4) is 0 Å². The van der Waals surface area contributed by atoms with E-state index in [2.05, 4.69) is 39.6 Å². The second kappa shape index (κ2) is 9.62. The number of thiazole rings is 1. The summed E-state index contributed by atoms with van der Waals surface area (Å²) in [7, 11) is -2.10. The van der Waals surface area contributed by atoms with Crippen LogP contribution < -0.4 is 0 Å². The SMILES string of the molecule is CC12CCC(=O)C=C1CCC1C2C(O)CC2(C)C1CC[C@]2(O[Si](C)(C)C)C(=O)CSc1nc2ccccc2s1. The van der Waals surface area contributed by atoms with Crippen LogP contribution in [0.2, 0.25) is 19.6 Å². The lowest BCUT2D eigenvalue weighted by atomic mass is 9.45. The number of aromatic nitrogens is 1. The Morgan fingerprint density at radius 1 is 1.18 bits per heavy atom. The van der Waals surface area contributed by atoms with Crippen LogP contribution in [0.15, 0.2) is 40.3 Å². The summed E-state index contributed by atoms with van der Waals surface area (Å²) < 4.78 is 9.09. The average Bonchev–Trinajstić information content (AvgIpc) is 3.40. The Bertz CT molecular complexity index is 1320. The molecule has 1 aromatic heterocycles. The first kappa shape index (κ1) is 27.8. The number of aliphatic hydroxyl groups excluding tert-OH is 1. The molecule has 0 radical (unpaired) electrons. The Hall–Kier alpha value is -1.32. The normalized spacial score (nSPS) is 38.2. The van der Waals surface area contributed by atoms with Gasteiger partial charge in [-0.15, -0.1) is 11.3 Å². The molecule has 1 aromatic carbocycles. The lowest BCUT2D eigenvalue weighted by Crippen LogP contribution is -2.64. The van der Waals surface area contributed by atoms with Crippen molar-refractivity contribution in [2.24, 2.45) is 28.6 Å². The number of ketones is 2. The Balaban J connectivity index is 1.32. The lowest BCUT2D eigenvalue weighted by molar-refractivity contribution is -0.174. The summed E-state index contributed by atoms with van der Waals surface area (Å²) in [6, 6.07) is 8.11. The van der Waals surface area contributed by atoms with Crippen molar-refractivity contribution in [3.05, 3.63) is 35.9 Å². The van der Waals surface area contributed by atoms with Gasteiger partial charge in [0.05, 0.1) is 22.1 Å². The minimum atomic E-state index is -2.10. The fraction of sp³-hybridized carbons (Fsp3) is 0.645. The molecule has 0 bridgehead atoms. The number of benzene rings is 1. The van der Waals surface area contributed by atoms with Crippen molar-refractivity contribution in [1.29, 1.82) is 0 Å². The number of hydrogen-bond donors (Lipinski definition) is 1. The molecular weight excluding hydrogens is 543 g/mol. The smallest absolute Gasteiger partial charge is 0.185 e. The van der Waals surface area contributed by atoms with Crippen molar-refractivity contribution in [2.75, 3.05) is 5.75 Å². The van der Waals surface area contributed by atoms with Crippen LogP contribution in [0.1, 0.15) is 58.8 Å². The predicted octanol–water partition coefficient (Wildman–Crippen LogP) is 7.05. The molecule has 0 spiro atoms. The summed E-state index contributed by atoms with van der Waals surface area (Å²) in [6.07, 6.45) is 6.95. The Morgan fingerprint density at radius 2 is 1.95 bits per heavy atom. The second-order valence-corrected chi connectivity index (χ2v) is 20.5. The summed E-state index contributed by atoms with van der Waals surface area (Å²) in [5.41, 5.74) is 0.797. The van der Waals surface area contributed by atoms with Crippen LogP contribution in [0, 0.1) is 28.6 Å². The highest BCUT2D eigenvalue weighted by molar-refractivity contribution is 8.01. The van der Waals surface area contributed by atoms with Crippen LogP contribution in [-0.4, -0.2) is 47.4 Å². The third-order valence-corrected chi connectivity index (χ3v) is 13.7. The van der Waals surface area contributed by atoms with Crippen molar-refractivity contribution in [3.8, 4) is 0 Å². The monoisotopic (exact) mass is 583 g/mol. The first-order valence-corrected chi connectivity index (χ1v) is 19.7. The molecule has 8 heteroatoms. The molecular formula is C31H41NO4S2Si. The van der Waals surface area contributed by atoms with Gasteiger partial charge in [0.1, 0.15) is 5.60 Å². The van der Waals surface area contributed by atoms with Crippen LogP contribution in [0.25, 0.3) is 10.2 Å². The van der Waals surface area contributed by atoms with E-state index in [-0.39, 0.29) is 22.9 Å². The quantitative estimate of drug-likeness (QED) is 0.290. The van der Waals surface area contributed by atoms with Crippen molar-refractivity contribution in [1.82, 2.24) is 4.98 Å². The zero-order valence-electron chi connectivity index (χ0n) is 23.8. The van der Waals surface area contributed by atoms with Crippen LogP contribution in [0.5, 0.6) is 0 Å². The van der Waals surface area contributed by atoms with Gasteiger partial charge in [-0.25, -0.2) is 4.98 Å². The van der Waals surface area contributed by atoms with E-state index < -0.39 is 25.4 Å². The molecule has 39 heavy (non-hydrogen) atoms. The number of carbonyl (C=O) groups excluding carboxylic acids is 2. The molecule has 4 aliphatic carbocycles. The number of aliphatic hydroxyl groups is 1. The number of para-hydroxylation sites is 1. The molecule has 5 nitrogen and oxygen atoms in total. The maximum atomic E-state index is 14.4. The fourth-order valence-corrected chi connectivity index (χ4v) is 12.6. The van der Waals surface area contributed by atoms with Crippen molar-refractivity contribution in [3.63, 3.8) is 0 Å². The number of carbonyl (C=O) groups is 2. The lowest BCUT2D eigenvalue weighted by Gasteiger charge is -2.61. The zero-order chi connectivity index (χ0) is 27.8. The van der Waals surface area contributed by atoms with Crippen molar-refractivity contribution in [2.45, 2.75) is 94.5 Å². The van der Waals surface area contributed by atoms with Gasteiger partial charge in [-0.1, -0.05) is 43.3 Å². The Morgan fingerprint density at radius 3 is 2.69 bits per heavy atom. The minimum Gasteiger partial charge on any atom is -0.405 e. The van der Waals surface area contributed by atoms with Gasteiger partial charge in [0, 0.05) is 11.8 Å². The first-order valence-electron chi connectivity index (χ1n) is 14.5. The van der Waals surface area contributed by atoms with E-state index in [1.165, 1.54) is 17.3 Å². The molecule has 3 fully saturated rings. The van der Waals surface area contributed by atoms with Gasteiger partial charge >= 0.3 is 0 Å². The molecule has 0 aliphatic heterocycles. The standard InChI is InChI=1S/C31H41NO4S2Si/c1-29-14-12-20(33)16-19(29)10-11-21-22-13-15-31(36-39(3,4)5,30(22,2)17-24(34)27(21)29)26(35)18-37-28-32-23-8-6-7-9-25(23)38-28/h6-9,16,21-22,24,27,34H,10-15,17-18H2,1-5H3/t21?,22?,24?,27?,29?,30?,31-/m0/s1. The Labute approximate surface area is 241 Å². The van der Waals surface area contributed by atoms with E-state index in [1.54, 1.807) is 11.3 Å². The number of rotatable bonds is 6. The van der Waals surface area contributed by atoms with Gasteiger partial charge in [0.15, 0.2) is 24.2 Å².